The molecule has 0 aromatic carbocycles. The van der Waals surface area contributed by atoms with E-state index in [-0.39, 0.29) is 0 Å². The van der Waals surface area contributed by atoms with Gasteiger partial charge < -0.3 is 14.2 Å². The van der Waals surface area contributed by atoms with E-state index in [0.717, 1.165) is 6.42 Å². The van der Waals surface area contributed by atoms with Crippen LogP contribution in [0.1, 0.15) is 65.2 Å². The number of rotatable bonds is 13. The molecule has 22 heavy (non-hydrogen) atoms. The van der Waals surface area contributed by atoms with Crippen molar-refractivity contribution in [1.29, 1.82) is 0 Å². The molecular formula is C17H30N2O3. The molecule has 0 fully saturated rings. The summed E-state index contributed by atoms with van der Waals surface area (Å²) in [4.78, 5) is 8.18. The second kappa shape index (κ2) is 12.1. The summed E-state index contributed by atoms with van der Waals surface area (Å²) < 4.78 is 16.4. The number of hydrogen-bond donors (Lipinski definition) is 0. The molecule has 0 atom stereocenters. The highest BCUT2D eigenvalue weighted by Crippen LogP contribution is 2.32. The maximum absolute atomic E-state index is 5.70. The molecule has 0 aliphatic rings. The molecule has 1 rings (SSSR count). The Kier molecular flexibility index (Phi) is 10.2. The van der Waals surface area contributed by atoms with Gasteiger partial charge in [0.2, 0.25) is 5.75 Å². The van der Waals surface area contributed by atoms with Crippen LogP contribution in [0.2, 0.25) is 0 Å². The zero-order chi connectivity index (χ0) is 16.0. The fourth-order valence-electron chi connectivity index (χ4n) is 2.26. The lowest BCUT2D eigenvalue weighted by Gasteiger charge is -2.12. The first-order valence-corrected chi connectivity index (χ1v) is 8.48. The summed E-state index contributed by atoms with van der Waals surface area (Å²) in [5, 5.41) is 0. The van der Waals surface area contributed by atoms with Crippen molar-refractivity contribution in [2.45, 2.75) is 65.2 Å². The van der Waals surface area contributed by atoms with Crippen LogP contribution >= 0.6 is 0 Å². The standard InChI is InChI=1S/C17H30N2O3/c1-4-6-7-8-9-10-11-12-13-22-17-15(20-3)16(21-5-2)18-14-19-17/h14H,4-13H2,1-3H3. The van der Waals surface area contributed by atoms with Crippen LogP contribution in [0, 0.1) is 0 Å². The zero-order valence-corrected chi connectivity index (χ0v) is 14.3. The zero-order valence-electron chi connectivity index (χ0n) is 14.3. The molecule has 0 saturated carbocycles. The Labute approximate surface area is 134 Å². The van der Waals surface area contributed by atoms with Crippen molar-refractivity contribution in [3.63, 3.8) is 0 Å². The molecule has 1 aromatic heterocycles. The summed E-state index contributed by atoms with van der Waals surface area (Å²) in [7, 11) is 1.57. The molecule has 0 aliphatic carbocycles. The van der Waals surface area contributed by atoms with Crippen LogP contribution in [-0.2, 0) is 0 Å². The van der Waals surface area contributed by atoms with E-state index in [2.05, 4.69) is 16.9 Å². The molecule has 1 heterocycles. The summed E-state index contributed by atoms with van der Waals surface area (Å²) in [6.07, 6.45) is 11.7. The van der Waals surface area contributed by atoms with Crippen molar-refractivity contribution in [2.75, 3.05) is 20.3 Å². The number of hydrogen-bond acceptors (Lipinski definition) is 5. The molecule has 1 aromatic rings. The van der Waals surface area contributed by atoms with Gasteiger partial charge in [0, 0.05) is 0 Å². The number of unbranched alkanes of at least 4 members (excludes halogenated alkanes) is 7. The minimum atomic E-state index is 0.436. The number of aromatic nitrogens is 2. The van der Waals surface area contributed by atoms with Crippen molar-refractivity contribution in [2.24, 2.45) is 0 Å². The highest BCUT2D eigenvalue weighted by molar-refractivity contribution is 5.41. The Morgan fingerprint density at radius 2 is 1.41 bits per heavy atom. The fraction of sp³-hybridized carbons (Fsp3) is 0.765. The van der Waals surface area contributed by atoms with Gasteiger partial charge in [-0.2, -0.15) is 9.97 Å². The Bertz CT molecular complexity index is 399. The molecule has 0 N–H and O–H groups in total. The predicted molar refractivity (Wildman–Crippen MR) is 87.9 cm³/mol. The van der Waals surface area contributed by atoms with Gasteiger partial charge in [0.25, 0.3) is 11.8 Å². The highest BCUT2D eigenvalue weighted by atomic mass is 16.5. The topological polar surface area (TPSA) is 53.5 Å². The summed E-state index contributed by atoms with van der Waals surface area (Å²) >= 11 is 0. The average molecular weight is 310 g/mol. The Morgan fingerprint density at radius 3 is 2.00 bits per heavy atom. The third-order valence-corrected chi connectivity index (χ3v) is 3.46. The minimum absolute atomic E-state index is 0.436. The number of ether oxygens (including phenoxy) is 3. The van der Waals surface area contributed by atoms with Gasteiger partial charge in [-0.25, -0.2) is 0 Å². The van der Waals surface area contributed by atoms with Gasteiger partial charge in [-0.3, -0.25) is 0 Å². The van der Waals surface area contributed by atoms with Crippen LogP contribution < -0.4 is 14.2 Å². The molecule has 0 aliphatic heterocycles. The maximum Gasteiger partial charge on any atom is 0.264 e. The van der Waals surface area contributed by atoms with Crippen LogP contribution in [0.15, 0.2) is 6.33 Å². The van der Waals surface area contributed by atoms with Crippen molar-refractivity contribution in [3.8, 4) is 17.5 Å². The summed E-state index contributed by atoms with van der Waals surface area (Å²) in [6, 6.07) is 0. The van der Waals surface area contributed by atoms with Gasteiger partial charge in [0.15, 0.2) is 0 Å². The van der Waals surface area contributed by atoms with Gasteiger partial charge in [-0.1, -0.05) is 51.9 Å². The molecule has 0 spiro atoms. The molecule has 126 valence electrons. The summed E-state index contributed by atoms with van der Waals surface area (Å²) in [6.45, 7) is 5.33. The Balaban J connectivity index is 2.23. The van der Waals surface area contributed by atoms with E-state index in [1.54, 1.807) is 7.11 Å². The van der Waals surface area contributed by atoms with Crippen molar-refractivity contribution in [3.05, 3.63) is 6.33 Å². The normalized spacial score (nSPS) is 10.5. The van der Waals surface area contributed by atoms with E-state index in [0.29, 0.717) is 30.7 Å². The largest absolute Gasteiger partial charge is 0.487 e. The van der Waals surface area contributed by atoms with Crippen LogP contribution in [0.25, 0.3) is 0 Å². The number of nitrogens with zero attached hydrogens (tertiary/aromatic N) is 2. The smallest absolute Gasteiger partial charge is 0.264 e. The van der Waals surface area contributed by atoms with Crippen molar-refractivity contribution in [1.82, 2.24) is 9.97 Å². The maximum atomic E-state index is 5.70. The van der Waals surface area contributed by atoms with E-state index in [1.807, 2.05) is 6.92 Å². The molecule has 0 radical (unpaired) electrons. The number of methoxy groups -OCH3 is 1. The van der Waals surface area contributed by atoms with Crippen LogP contribution in [0.4, 0.5) is 0 Å². The van der Waals surface area contributed by atoms with E-state index in [4.69, 9.17) is 14.2 Å². The third-order valence-electron chi connectivity index (χ3n) is 3.46. The molecule has 0 bridgehead atoms. The predicted octanol–water partition coefficient (Wildman–Crippen LogP) is 4.40. The van der Waals surface area contributed by atoms with Gasteiger partial charge in [0.1, 0.15) is 6.33 Å². The highest BCUT2D eigenvalue weighted by Gasteiger charge is 2.14. The molecule has 0 unspecified atom stereocenters. The monoisotopic (exact) mass is 310 g/mol. The van der Waals surface area contributed by atoms with Crippen LogP contribution in [-0.4, -0.2) is 30.3 Å². The Hall–Kier alpha value is -1.52. The van der Waals surface area contributed by atoms with Crippen molar-refractivity contribution < 1.29 is 14.2 Å². The fourth-order valence-corrected chi connectivity index (χ4v) is 2.26. The third kappa shape index (κ3) is 6.96. The lowest BCUT2D eigenvalue weighted by atomic mass is 10.1. The quantitative estimate of drug-likeness (QED) is 0.505. The van der Waals surface area contributed by atoms with E-state index in [9.17, 15) is 0 Å². The van der Waals surface area contributed by atoms with E-state index < -0.39 is 0 Å². The van der Waals surface area contributed by atoms with Gasteiger partial charge >= 0.3 is 0 Å². The average Bonchev–Trinajstić information content (AvgIpc) is 2.54. The lowest BCUT2D eigenvalue weighted by Crippen LogP contribution is -2.04. The van der Waals surface area contributed by atoms with Crippen LogP contribution in [0.5, 0.6) is 17.5 Å². The van der Waals surface area contributed by atoms with Crippen molar-refractivity contribution >= 4 is 0 Å². The Morgan fingerprint density at radius 1 is 0.818 bits per heavy atom. The summed E-state index contributed by atoms with van der Waals surface area (Å²) in [5.74, 6) is 1.37. The molecule has 5 heteroatoms. The second-order valence-electron chi connectivity index (χ2n) is 5.27. The lowest BCUT2D eigenvalue weighted by molar-refractivity contribution is 0.253. The summed E-state index contributed by atoms with van der Waals surface area (Å²) in [5.41, 5.74) is 0. The minimum Gasteiger partial charge on any atom is -0.487 e. The first-order chi connectivity index (χ1) is 10.8. The van der Waals surface area contributed by atoms with Gasteiger partial charge in [-0.15, -0.1) is 0 Å². The van der Waals surface area contributed by atoms with Gasteiger partial charge in [0.05, 0.1) is 20.3 Å². The first kappa shape index (κ1) is 18.5. The van der Waals surface area contributed by atoms with E-state index >= 15 is 0 Å². The van der Waals surface area contributed by atoms with Gasteiger partial charge in [-0.05, 0) is 13.3 Å². The van der Waals surface area contributed by atoms with Crippen LogP contribution in [0.3, 0.4) is 0 Å². The first-order valence-electron chi connectivity index (χ1n) is 8.48. The molecular weight excluding hydrogens is 280 g/mol. The van der Waals surface area contributed by atoms with E-state index in [1.165, 1.54) is 51.3 Å². The SMILES string of the molecule is CCCCCCCCCCOc1ncnc(OCC)c1OC. The molecule has 0 amide bonds. The second-order valence-corrected chi connectivity index (χ2v) is 5.27. The molecule has 5 nitrogen and oxygen atoms in total. The molecule has 0 saturated heterocycles.